The summed E-state index contributed by atoms with van der Waals surface area (Å²) in [5.74, 6) is -0.363. The average molecular weight is 262 g/mol. The number of phenolic OH excluding ortho intramolecular Hbond substituents is 1. The number of carbonyl (C=O) groups excluding carboxylic acids is 2. The van der Waals surface area contributed by atoms with Gasteiger partial charge in [-0.1, -0.05) is 18.2 Å². The number of aromatic hydroxyl groups is 1. The predicted molar refractivity (Wildman–Crippen MR) is 73.2 cm³/mol. The second kappa shape index (κ2) is 6.73. The molecule has 0 spiro atoms. The molecule has 0 saturated heterocycles. The van der Waals surface area contributed by atoms with Crippen molar-refractivity contribution in [3.05, 3.63) is 29.8 Å². The number of Topliss-reactive ketones (excluding diaryl/α,β-unsaturated/α-hetero) is 2. The maximum absolute atomic E-state index is 11.3. The van der Waals surface area contributed by atoms with Crippen molar-refractivity contribution in [1.29, 1.82) is 0 Å². The van der Waals surface area contributed by atoms with Gasteiger partial charge >= 0.3 is 0 Å². The van der Waals surface area contributed by atoms with Crippen LogP contribution in [0.25, 0.3) is 6.08 Å². The molecular formula is C15H18O4. The summed E-state index contributed by atoms with van der Waals surface area (Å²) in [6, 6.07) is 4.94. The maximum atomic E-state index is 11.3. The molecule has 0 aliphatic carbocycles. The Morgan fingerprint density at radius 3 is 2.47 bits per heavy atom. The van der Waals surface area contributed by atoms with Crippen molar-refractivity contribution in [2.45, 2.75) is 20.3 Å². The molecule has 0 aliphatic rings. The molecular weight excluding hydrogens is 244 g/mol. The molecule has 4 heteroatoms. The fraction of sp³-hybridized carbons (Fsp3) is 0.333. The molecule has 1 rings (SSSR count). The lowest BCUT2D eigenvalue weighted by molar-refractivity contribution is -0.130. The minimum absolute atomic E-state index is 0.0741. The lowest BCUT2D eigenvalue weighted by atomic mass is 9.96. The van der Waals surface area contributed by atoms with Gasteiger partial charge in [0.15, 0.2) is 11.5 Å². The van der Waals surface area contributed by atoms with Crippen LogP contribution in [-0.2, 0) is 9.59 Å². The van der Waals surface area contributed by atoms with Crippen molar-refractivity contribution < 1.29 is 19.4 Å². The van der Waals surface area contributed by atoms with Crippen LogP contribution in [0.1, 0.15) is 25.8 Å². The number of carbonyl (C=O) groups is 2. The molecule has 1 N–H and O–H groups in total. The van der Waals surface area contributed by atoms with Gasteiger partial charge in [-0.25, -0.2) is 0 Å². The summed E-state index contributed by atoms with van der Waals surface area (Å²) in [4.78, 5) is 22.5. The fourth-order valence-corrected chi connectivity index (χ4v) is 1.76. The zero-order valence-electron chi connectivity index (χ0n) is 11.3. The van der Waals surface area contributed by atoms with Gasteiger partial charge in [-0.05, 0) is 38.0 Å². The third kappa shape index (κ3) is 4.25. The first-order valence-corrected chi connectivity index (χ1v) is 6.00. The fourth-order valence-electron chi connectivity index (χ4n) is 1.76. The van der Waals surface area contributed by atoms with E-state index < -0.39 is 5.92 Å². The van der Waals surface area contributed by atoms with Gasteiger partial charge in [-0.15, -0.1) is 0 Å². The number of ketones is 2. The predicted octanol–water partition coefficient (Wildman–Crippen LogP) is 2.60. The molecule has 0 fully saturated rings. The highest BCUT2D eigenvalue weighted by Gasteiger charge is 2.17. The number of rotatable bonds is 6. The zero-order valence-corrected chi connectivity index (χ0v) is 11.3. The van der Waals surface area contributed by atoms with E-state index in [0.29, 0.717) is 12.2 Å². The van der Waals surface area contributed by atoms with Crippen LogP contribution in [-0.4, -0.2) is 23.8 Å². The van der Waals surface area contributed by atoms with Crippen LogP contribution in [0.15, 0.2) is 24.3 Å². The van der Waals surface area contributed by atoms with E-state index in [1.807, 2.05) is 0 Å². The Labute approximate surface area is 112 Å². The van der Waals surface area contributed by atoms with E-state index in [0.717, 1.165) is 5.56 Å². The monoisotopic (exact) mass is 262 g/mol. The molecule has 4 nitrogen and oxygen atoms in total. The first kappa shape index (κ1) is 15.0. The summed E-state index contributed by atoms with van der Waals surface area (Å²) in [5, 5.41) is 9.46. The van der Waals surface area contributed by atoms with Crippen LogP contribution in [0.5, 0.6) is 11.5 Å². The van der Waals surface area contributed by atoms with E-state index >= 15 is 0 Å². The van der Waals surface area contributed by atoms with E-state index in [9.17, 15) is 14.7 Å². The van der Waals surface area contributed by atoms with Crippen molar-refractivity contribution in [1.82, 2.24) is 0 Å². The minimum atomic E-state index is -0.574. The second-order valence-electron chi connectivity index (χ2n) is 4.34. The van der Waals surface area contributed by atoms with Crippen molar-refractivity contribution >= 4 is 17.6 Å². The number of hydrogen-bond acceptors (Lipinski definition) is 4. The summed E-state index contributed by atoms with van der Waals surface area (Å²) >= 11 is 0. The molecule has 0 saturated carbocycles. The Kier molecular flexibility index (Phi) is 5.30. The molecule has 0 atom stereocenters. The smallest absolute Gasteiger partial charge is 0.161 e. The summed E-state index contributed by atoms with van der Waals surface area (Å²) < 4.78 is 5.00. The highest BCUT2D eigenvalue weighted by molar-refractivity contribution is 6.00. The van der Waals surface area contributed by atoms with Crippen molar-refractivity contribution in [2.24, 2.45) is 5.92 Å². The van der Waals surface area contributed by atoms with Gasteiger partial charge in [-0.2, -0.15) is 0 Å². The van der Waals surface area contributed by atoms with E-state index in [2.05, 4.69) is 0 Å². The molecule has 0 amide bonds. The largest absolute Gasteiger partial charge is 0.504 e. The van der Waals surface area contributed by atoms with Gasteiger partial charge in [0.1, 0.15) is 11.6 Å². The zero-order chi connectivity index (χ0) is 14.4. The van der Waals surface area contributed by atoms with Gasteiger partial charge < -0.3 is 9.84 Å². The van der Waals surface area contributed by atoms with E-state index in [1.54, 1.807) is 24.3 Å². The normalized spacial score (nSPS) is 10.9. The average Bonchev–Trinajstić information content (AvgIpc) is 2.35. The topological polar surface area (TPSA) is 63.6 Å². The van der Waals surface area contributed by atoms with Gasteiger partial charge in [0.2, 0.25) is 0 Å². The number of allylic oxidation sites excluding steroid dienone is 1. The first-order chi connectivity index (χ1) is 8.95. The van der Waals surface area contributed by atoms with Gasteiger partial charge in [0.25, 0.3) is 0 Å². The molecule has 102 valence electrons. The summed E-state index contributed by atoms with van der Waals surface area (Å²) in [6.07, 6.45) is 3.95. The Morgan fingerprint density at radius 2 is 1.95 bits per heavy atom. The van der Waals surface area contributed by atoms with Crippen LogP contribution in [0.4, 0.5) is 0 Å². The van der Waals surface area contributed by atoms with Crippen molar-refractivity contribution in [3.8, 4) is 11.5 Å². The Balaban J connectivity index is 2.76. The minimum Gasteiger partial charge on any atom is -0.504 e. The maximum Gasteiger partial charge on any atom is 0.161 e. The summed E-state index contributed by atoms with van der Waals surface area (Å²) in [7, 11) is 1.48. The molecule has 0 aromatic heterocycles. The van der Waals surface area contributed by atoms with E-state index in [1.165, 1.54) is 27.0 Å². The van der Waals surface area contributed by atoms with E-state index in [4.69, 9.17) is 4.74 Å². The number of methoxy groups -OCH3 is 1. The molecule has 0 aliphatic heterocycles. The Hall–Kier alpha value is -2.10. The third-order valence-corrected chi connectivity index (χ3v) is 2.87. The van der Waals surface area contributed by atoms with Crippen LogP contribution >= 0.6 is 0 Å². The Bertz CT molecular complexity index is 489. The molecule has 0 bridgehead atoms. The lowest BCUT2D eigenvalue weighted by Gasteiger charge is -2.06. The second-order valence-corrected chi connectivity index (χ2v) is 4.34. The summed E-state index contributed by atoms with van der Waals surface area (Å²) in [6.45, 7) is 2.84. The number of hydrogen-bond donors (Lipinski definition) is 1. The highest BCUT2D eigenvalue weighted by atomic mass is 16.5. The quantitative estimate of drug-likeness (QED) is 0.800. The summed E-state index contributed by atoms with van der Waals surface area (Å²) in [5.41, 5.74) is 0.834. The van der Waals surface area contributed by atoms with Crippen LogP contribution in [0.3, 0.4) is 0 Å². The SMILES string of the molecule is COc1cc(/C=C/CC(C(C)=O)C(C)=O)ccc1O. The Morgan fingerprint density at radius 1 is 1.32 bits per heavy atom. The number of benzene rings is 1. The van der Waals surface area contributed by atoms with Crippen molar-refractivity contribution in [2.75, 3.05) is 7.11 Å². The third-order valence-electron chi connectivity index (χ3n) is 2.87. The molecule has 1 aromatic carbocycles. The van der Waals surface area contributed by atoms with E-state index in [-0.39, 0.29) is 17.3 Å². The molecule has 0 radical (unpaired) electrons. The highest BCUT2D eigenvalue weighted by Crippen LogP contribution is 2.26. The van der Waals surface area contributed by atoms with Gasteiger partial charge in [0.05, 0.1) is 13.0 Å². The van der Waals surface area contributed by atoms with Crippen LogP contribution in [0, 0.1) is 5.92 Å². The molecule has 0 heterocycles. The van der Waals surface area contributed by atoms with Gasteiger partial charge in [-0.3, -0.25) is 9.59 Å². The molecule has 19 heavy (non-hydrogen) atoms. The first-order valence-electron chi connectivity index (χ1n) is 6.00. The number of ether oxygens (including phenoxy) is 1. The molecule has 1 aromatic rings. The van der Waals surface area contributed by atoms with Gasteiger partial charge in [0, 0.05) is 0 Å². The van der Waals surface area contributed by atoms with Crippen LogP contribution in [0.2, 0.25) is 0 Å². The molecule has 0 unspecified atom stereocenters. The number of phenols is 1. The standard InChI is InChI=1S/C15H18O4/c1-10(16)13(11(2)17)6-4-5-12-7-8-14(18)15(9-12)19-3/h4-5,7-9,13,18H,6H2,1-3H3/b5-4+. The van der Waals surface area contributed by atoms with Crippen molar-refractivity contribution in [3.63, 3.8) is 0 Å². The van der Waals surface area contributed by atoms with Crippen LogP contribution < -0.4 is 4.74 Å². The lowest BCUT2D eigenvalue weighted by Crippen LogP contribution is -2.18.